The summed E-state index contributed by atoms with van der Waals surface area (Å²) in [5, 5.41) is 0. The van der Waals surface area contributed by atoms with Crippen molar-refractivity contribution in [1.82, 2.24) is 9.55 Å². The number of H-pyrrole nitrogens is 1. The average molecular weight is 303 g/mol. The first kappa shape index (κ1) is 16.8. The maximum atomic E-state index is 12.2. The molecule has 1 aromatic heterocycles. The van der Waals surface area contributed by atoms with Gasteiger partial charge in [0.05, 0.1) is 11.0 Å². The van der Waals surface area contributed by atoms with E-state index in [1.165, 1.54) is 18.4 Å². The van der Waals surface area contributed by atoms with Crippen molar-refractivity contribution in [3.63, 3.8) is 0 Å². The lowest BCUT2D eigenvalue weighted by atomic mass is 10.0. The molecular weight excluding hydrogens is 274 g/mol. The van der Waals surface area contributed by atoms with Crippen molar-refractivity contribution in [2.45, 2.75) is 58.9 Å². The number of rotatable bonds is 9. The molecule has 0 bridgehead atoms. The van der Waals surface area contributed by atoms with Crippen molar-refractivity contribution in [2.75, 3.05) is 6.54 Å². The Balaban J connectivity index is 2.17. The van der Waals surface area contributed by atoms with Crippen LogP contribution in [-0.2, 0) is 13.0 Å². The Labute approximate surface area is 132 Å². The molecule has 2 aromatic rings. The van der Waals surface area contributed by atoms with Crippen LogP contribution in [0.15, 0.2) is 23.0 Å². The summed E-state index contributed by atoms with van der Waals surface area (Å²) in [6.07, 6.45) is 6.71. The van der Waals surface area contributed by atoms with Gasteiger partial charge in [-0.2, -0.15) is 0 Å². The molecule has 0 fully saturated rings. The third-order valence-electron chi connectivity index (χ3n) is 4.21. The second kappa shape index (κ2) is 8.18. The third-order valence-corrected chi connectivity index (χ3v) is 4.21. The summed E-state index contributed by atoms with van der Waals surface area (Å²) in [5.41, 5.74) is 8.91. The van der Waals surface area contributed by atoms with E-state index in [4.69, 9.17) is 5.73 Å². The van der Waals surface area contributed by atoms with Gasteiger partial charge < -0.3 is 10.7 Å². The molecule has 3 N–H and O–H groups in total. The summed E-state index contributed by atoms with van der Waals surface area (Å²) in [6.45, 7) is 5.96. The van der Waals surface area contributed by atoms with Crippen LogP contribution in [-0.4, -0.2) is 16.1 Å². The number of fused-ring (bicyclic) bond motifs is 1. The van der Waals surface area contributed by atoms with Crippen molar-refractivity contribution in [1.29, 1.82) is 0 Å². The number of nitrogens with one attached hydrogen (secondary N) is 1. The molecule has 4 heteroatoms. The second-order valence-electron chi connectivity index (χ2n) is 6.53. The van der Waals surface area contributed by atoms with Gasteiger partial charge in [0.15, 0.2) is 0 Å². The van der Waals surface area contributed by atoms with Crippen LogP contribution in [0.3, 0.4) is 0 Å². The van der Waals surface area contributed by atoms with E-state index in [1.54, 1.807) is 0 Å². The summed E-state index contributed by atoms with van der Waals surface area (Å²) < 4.78 is 1.92. The zero-order valence-corrected chi connectivity index (χ0v) is 13.9. The van der Waals surface area contributed by atoms with Gasteiger partial charge in [0, 0.05) is 6.54 Å². The molecule has 2 rings (SSSR count). The minimum Gasteiger partial charge on any atom is -0.330 e. The molecule has 1 aromatic carbocycles. The van der Waals surface area contributed by atoms with Crippen LogP contribution in [0.1, 0.15) is 51.5 Å². The number of hydrogen-bond acceptors (Lipinski definition) is 2. The number of aromatic nitrogens is 2. The number of imidazole rings is 1. The fraction of sp³-hybridized carbons (Fsp3) is 0.611. The fourth-order valence-electron chi connectivity index (χ4n) is 2.91. The van der Waals surface area contributed by atoms with Gasteiger partial charge in [0.25, 0.3) is 0 Å². The van der Waals surface area contributed by atoms with E-state index in [0.717, 1.165) is 49.8 Å². The monoisotopic (exact) mass is 303 g/mol. The first-order valence-electron chi connectivity index (χ1n) is 8.54. The molecule has 4 nitrogen and oxygen atoms in total. The van der Waals surface area contributed by atoms with Gasteiger partial charge >= 0.3 is 5.69 Å². The molecule has 0 aliphatic rings. The largest absolute Gasteiger partial charge is 0.330 e. The van der Waals surface area contributed by atoms with Crippen LogP contribution in [0.5, 0.6) is 0 Å². The highest BCUT2D eigenvalue weighted by atomic mass is 16.1. The van der Waals surface area contributed by atoms with Gasteiger partial charge in [-0.05, 0) is 49.8 Å². The van der Waals surface area contributed by atoms with Gasteiger partial charge in [-0.3, -0.25) is 4.57 Å². The van der Waals surface area contributed by atoms with Gasteiger partial charge in [-0.15, -0.1) is 0 Å². The molecule has 0 spiro atoms. The number of aryl methyl sites for hydroxylation is 2. The standard InChI is InChI=1S/C18H29N3O/c1-14(2)11-13-21-17-15(8-5-3-4-6-12-19)9-7-10-16(17)20-18(21)22/h7,9-10,14H,3-6,8,11-13,19H2,1-2H3,(H,20,22). The van der Waals surface area contributed by atoms with Crippen LogP contribution in [0.25, 0.3) is 11.0 Å². The molecule has 0 saturated carbocycles. The minimum atomic E-state index is 0.0197. The quantitative estimate of drug-likeness (QED) is 0.697. The molecule has 0 amide bonds. The summed E-state index contributed by atoms with van der Waals surface area (Å²) >= 11 is 0. The summed E-state index contributed by atoms with van der Waals surface area (Å²) in [5.74, 6) is 0.597. The Morgan fingerprint density at radius 1 is 1.18 bits per heavy atom. The highest BCUT2D eigenvalue weighted by Crippen LogP contribution is 2.19. The van der Waals surface area contributed by atoms with Gasteiger partial charge in [0.1, 0.15) is 0 Å². The summed E-state index contributed by atoms with van der Waals surface area (Å²) in [4.78, 5) is 15.2. The van der Waals surface area contributed by atoms with E-state index in [2.05, 4.69) is 24.9 Å². The number of benzene rings is 1. The van der Waals surface area contributed by atoms with Gasteiger partial charge in [0.2, 0.25) is 0 Å². The highest BCUT2D eigenvalue weighted by Gasteiger charge is 2.11. The van der Waals surface area contributed by atoms with E-state index in [-0.39, 0.29) is 5.69 Å². The zero-order chi connectivity index (χ0) is 15.9. The smallest absolute Gasteiger partial charge is 0.326 e. The first-order valence-corrected chi connectivity index (χ1v) is 8.54. The van der Waals surface area contributed by atoms with Crippen LogP contribution >= 0.6 is 0 Å². The normalized spacial score (nSPS) is 11.6. The van der Waals surface area contributed by atoms with Crippen LogP contribution in [0, 0.1) is 5.92 Å². The lowest BCUT2D eigenvalue weighted by Gasteiger charge is -2.09. The molecule has 22 heavy (non-hydrogen) atoms. The Morgan fingerprint density at radius 2 is 1.95 bits per heavy atom. The van der Waals surface area contributed by atoms with E-state index in [9.17, 15) is 4.79 Å². The number of nitrogens with zero attached hydrogens (tertiary/aromatic N) is 1. The van der Waals surface area contributed by atoms with Crippen molar-refractivity contribution in [3.05, 3.63) is 34.2 Å². The molecular formula is C18H29N3O. The van der Waals surface area contributed by atoms with Crippen molar-refractivity contribution in [2.24, 2.45) is 11.7 Å². The Bertz CT molecular complexity index is 639. The molecule has 1 heterocycles. The number of para-hydroxylation sites is 1. The predicted molar refractivity (Wildman–Crippen MR) is 93.2 cm³/mol. The van der Waals surface area contributed by atoms with Crippen LogP contribution < -0.4 is 11.4 Å². The number of nitrogens with two attached hydrogens (primary N) is 1. The van der Waals surface area contributed by atoms with Crippen molar-refractivity contribution >= 4 is 11.0 Å². The fourth-order valence-corrected chi connectivity index (χ4v) is 2.91. The average Bonchev–Trinajstić information content (AvgIpc) is 2.81. The van der Waals surface area contributed by atoms with E-state index in [0.29, 0.717) is 5.92 Å². The van der Waals surface area contributed by atoms with Gasteiger partial charge in [-0.25, -0.2) is 4.79 Å². The Morgan fingerprint density at radius 3 is 2.68 bits per heavy atom. The van der Waals surface area contributed by atoms with E-state index >= 15 is 0 Å². The number of aromatic amines is 1. The number of unbranched alkanes of at least 4 members (excludes halogenated alkanes) is 3. The zero-order valence-electron chi connectivity index (χ0n) is 13.9. The minimum absolute atomic E-state index is 0.0197. The molecule has 0 aliphatic heterocycles. The predicted octanol–water partition coefficient (Wildman–Crippen LogP) is 3.44. The Kier molecular flexibility index (Phi) is 6.25. The lowest BCUT2D eigenvalue weighted by Crippen LogP contribution is -2.18. The summed E-state index contributed by atoms with van der Waals surface area (Å²) in [6, 6.07) is 6.20. The topological polar surface area (TPSA) is 63.8 Å². The van der Waals surface area contributed by atoms with Crippen molar-refractivity contribution in [3.8, 4) is 0 Å². The molecule has 0 atom stereocenters. The van der Waals surface area contributed by atoms with Gasteiger partial charge in [-0.1, -0.05) is 38.8 Å². The highest BCUT2D eigenvalue weighted by molar-refractivity contribution is 5.79. The summed E-state index contributed by atoms with van der Waals surface area (Å²) in [7, 11) is 0. The molecule has 0 unspecified atom stereocenters. The van der Waals surface area contributed by atoms with Crippen LogP contribution in [0.4, 0.5) is 0 Å². The van der Waals surface area contributed by atoms with Crippen molar-refractivity contribution < 1.29 is 0 Å². The molecule has 0 aliphatic carbocycles. The molecule has 0 saturated heterocycles. The number of hydrogen-bond donors (Lipinski definition) is 2. The van der Waals surface area contributed by atoms with Crippen LogP contribution in [0.2, 0.25) is 0 Å². The first-order chi connectivity index (χ1) is 10.6. The molecule has 122 valence electrons. The van der Waals surface area contributed by atoms with E-state index in [1.807, 2.05) is 16.7 Å². The third kappa shape index (κ3) is 4.23. The second-order valence-corrected chi connectivity index (χ2v) is 6.53. The maximum Gasteiger partial charge on any atom is 0.326 e. The maximum absolute atomic E-state index is 12.2. The molecule has 0 radical (unpaired) electrons. The van der Waals surface area contributed by atoms with E-state index < -0.39 is 0 Å². The lowest BCUT2D eigenvalue weighted by molar-refractivity contribution is 0.515. The SMILES string of the molecule is CC(C)CCn1c(=O)[nH]c2cccc(CCCCCCN)c21. The Hall–Kier alpha value is -1.55.